The van der Waals surface area contributed by atoms with Crippen molar-refractivity contribution in [1.82, 2.24) is 10.2 Å². The average Bonchev–Trinajstić information content (AvgIpc) is 2.42. The summed E-state index contributed by atoms with van der Waals surface area (Å²) in [5.41, 5.74) is -0.697. The number of hydrogen-bond donors (Lipinski definition) is 1. The first kappa shape index (κ1) is 18.0. The molecule has 122 valence electrons. The monoisotopic (exact) mass is 316 g/mol. The smallest absolute Gasteiger partial charge is 0.352 e. The van der Waals surface area contributed by atoms with Gasteiger partial charge in [0.1, 0.15) is 0 Å². The largest absolute Gasteiger partial charge is 0.416 e. The van der Waals surface area contributed by atoms with Crippen molar-refractivity contribution in [3.63, 3.8) is 0 Å². The Balaban J connectivity index is 2.81. The van der Waals surface area contributed by atoms with Gasteiger partial charge in [-0.1, -0.05) is 0 Å². The zero-order valence-corrected chi connectivity index (χ0v) is 12.7. The number of nitrogens with zero attached hydrogens (tertiary/aromatic N) is 1. The molecule has 0 unspecified atom stereocenters. The van der Waals surface area contributed by atoms with Crippen LogP contribution in [0.25, 0.3) is 0 Å². The molecule has 0 aliphatic rings. The first-order valence-corrected chi connectivity index (χ1v) is 6.91. The fourth-order valence-corrected chi connectivity index (χ4v) is 1.85. The van der Waals surface area contributed by atoms with Gasteiger partial charge in [-0.15, -0.1) is 0 Å². The minimum Gasteiger partial charge on any atom is -0.352 e. The molecule has 0 atom stereocenters. The first-order chi connectivity index (χ1) is 10.1. The maximum atomic E-state index is 12.5. The molecule has 1 rings (SSSR count). The van der Waals surface area contributed by atoms with Crippen molar-refractivity contribution in [3.8, 4) is 0 Å². The molecule has 0 heterocycles. The summed E-state index contributed by atoms with van der Waals surface area (Å²) in [7, 11) is 0. The van der Waals surface area contributed by atoms with Crippen molar-refractivity contribution < 1.29 is 22.8 Å². The highest BCUT2D eigenvalue weighted by atomic mass is 19.4. The van der Waals surface area contributed by atoms with Crippen LogP contribution in [0.4, 0.5) is 13.2 Å². The summed E-state index contributed by atoms with van der Waals surface area (Å²) in [5, 5.41) is 2.66. The van der Waals surface area contributed by atoms with Crippen molar-refractivity contribution in [3.05, 3.63) is 35.4 Å². The molecule has 0 aromatic heterocycles. The average molecular weight is 316 g/mol. The Morgan fingerprint density at radius 2 is 1.73 bits per heavy atom. The SMILES string of the molecule is CCN(CC(=O)NC(C)C)C(=O)c1ccc(C(F)(F)F)cc1. The highest BCUT2D eigenvalue weighted by Gasteiger charge is 2.30. The summed E-state index contributed by atoms with van der Waals surface area (Å²) in [6.07, 6.45) is -4.44. The number of hydrogen-bond acceptors (Lipinski definition) is 2. The predicted molar refractivity (Wildman–Crippen MR) is 76.3 cm³/mol. The lowest BCUT2D eigenvalue weighted by Crippen LogP contribution is -2.42. The number of likely N-dealkylation sites (N-methyl/N-ethyl adjacent to an activating group) is 1. The van der Waals surface area contributed by atoms with E-state index < -0.39 is 17.6 Å². The summed E-state index contributed by atoms with van der Waals surface area (Å²) in [6.45, 7) is 5.45. The molecule has 0 saturated carbocycles. The summed E-state index contributed by atoms with van der Waals surface area (Å²) in [5.74, 6) is -0.785. The number of alkyl halides is 3. The molecule has 0 spiro atoms. The van der Waals surface area contributed by atoms with Crippen molar-refractivity contribution in [2.45, 2.75) is 33.0 Å². The number of halogens is 3. The third kappa shape index (κ3) is 5.05. The number of carbonyl (C=O) groups is 2. The third-order valence-corrected chi connectivity index (χ3v) is 2.91. The van der Waals surface area contributed by atoms with E-state index in [1.54, 1.807) is 20.8 Å². The van der Waals surface area contributed by atoms with Gasteiger partial charge >= 0.3 is 6.18 Å². The standard InChI is InChI=1S/C15H19F3N2O2/c1-4-20(9-13(21)19-10(2)3)14(22)11-5-7-12(8-6-11)15(16,17)18/h5-8,10H,4,9H2,1-3H3,(H,19,21). The van der Waals surface area contributed by atoms with Crippen LogP contribution < -0.4 is 5.32 Å². The van der Waals surface area contributed by atoms with Crippen LogP contribution in [0, 0.1) is 0 Å². The van der Waals surface area contributed by atoms with Gasteiger partial charge in [0.15, 0.2) is 0 Å². The van der Waals surface area contributed by atoms with Crippen molar-refractivity contribution >= 4 is 11.8 Å². The van der Waals surface area contributed by atoms with E-state index in [0.717, 1.165) is 24.3 Å². The van der Waals surface area contributed by atoms with Gasteiger partial charge in [-0.25, -0.2) is 0 Å². The molecule has 0 saturated heterocycles. The molecule has 4 nitrogen and oxygen atoms in total. The van der Waals surface area contributed by atoms with Crippen LogP contribution in [0.3, 0.4) is 0 Å². The molecule has 1 aromatic carbocycles. The molecular formula is C15H19F3N2O2. The fraction of sp³-hybridized carbons (Fsp3) is 0.467. The van der Waals surface area contributed by atoms with Gasteiger partial charge in [-0.3, -0.25) is 9.59 Å². The Kier molecular flexibility index (Phi) is 5.96. The topological polar surface area (TPSA) is 49.4 Å². The molecule has 1 aromatic rings. The van der Waals surface area contributed by atoms with Crippen LogP contribution >= 0.6 is 0 Å². The number of amides is 2. The highest BCUT2D eigenvalue weighted by molar-refractivity contribution is 5.96. The lowest BCUT2D eigenvalue weighted by atomic mass is 10.1. The van der Waals surface area contributed by atoms with E-state index in [1.807, 2.05) is 0 Å². The maximum absolute atomic E-state index is 12.5. The van der Waals surface area contributed by atoms with Gasteiger partial charge in [0, 0.05) is 18.2 Å². The number of benzene rings is 1. The van der Waals surface area contributed by atoms with E-state index >= 15 is 0 Å². The number of carbonyl (C=O) groups excluding carboxylic acids is 2. The molecule has 0 aliphatic heterocycles. The Morgan fingerprint density at radius 1 is 1.18 bits per heavy atom. The van der Waals surface area contributed by atoms with Gasteiger partial charge in [0.05, 0.1) is 12.1 Å². The van der Waals surface area contributed by atoms with Crippen LogP contribution in [0.1, 0.15) is 36.7 Å². The molecule has 1 N–H and O–H groups in total. The lowest BCUT2D eigenvalue weighted by Gasteiger charge is -2.21. The Labute approximate surface area is 127 Å². The van der Waals surface area contributed by atoms with E-state index in [1.165, 1.54) is 4.90 Å². The Hall–Kier alpha value is -2.05. The molecule has 0 radical (unpaired) electrons. The maximum Gasteiger partial charge on any atom is 0.416 e. The summed E-state index contributed by atoms with van der Waals surface area (Å²) < 4.78 is 37.5. The second-order valence-electron chi connectivity index (χ2n) is 5.12. The van der Waals surface area contributed by atoms with Crippen LogP contribution in [-0.2, 0) is 11.0 Å². The van der Waals surface area contributed by atoms with Gasteiger partial charge in [-0.2, -0.15) is 13.2 Å². The van der Waals surface area contributed by atoms with Crippen molar-refractivity contribution in [1.29, 1.82) is 0 Å². The molecule has 2 amide bonds. The minimum atomic E-state index is -4.44. The molecule has 0 aliphatic carbocycles. The van der Waals surface area contributed by atoms with E-state index in [-0.39, 0.29) is 30.6 Å². The van der Waals surface area contributed by atoms with Crippen LogP contribution in [0.5, 0.6) is 0 Å². The van der Waals surface area contributed by atoms with E-state index in [2.05, 4.69) is 5.32 Å². The zero-order chi connectivity index (χ0) is 16.9. The first-order valence-electron chi connectivity index (χ1n) is 6.91. The van der Waals surface area contributed by atoms with Crippen LogP contribution in [0.2, 0.25) is 0 Å². The second-order valence-corrected chi connectivity index (χ2v) is 5.12. The Morgan fingerprint density at radius 3 is 2.14 bits per heavy atom. The van der Waals surface area contributed by atoms with Crippen molar-refractivity contribution in [2.75, 3.05) is 13.1 Å². The lowest BCUT2D eigenvalue weighted by molar-refractivity contribution is -0.137. The molecule has 7 heteroatoms. The summed E-state index contributed by atoms with van der Waals surface area (Å²) >= 11 is 0. The van der Waals surface area contributed by atoms with Crippen LogP contribution in [-0.4, -0.2) is 35.8 Å². The molecule has 0 bridgehead atoms. The Bertz CT molecular complexity index is 525. The quantitative estimate of drug-likeness (QED) is 0.908. The fourth-order valence-electron chi connectivity index (χ4n) is 1.85. The number of rotatable bonds is 5. The van der Waals surface area contributed by atoms with Gasteiger partial charge in [0.2, 0.25) is 5.91 Å². The predicted octanol–water partition coefficient (Wildman–Crippen LogP) is 2.69. The minimum absolute atomic E-state index is 0.0487. The van der Waals surface area contributed by atoms with Crippen molar-refractivity contribution in [2.24, 2.45) is 0 Å². The van der Waals surface area contributed by atoms with Crippen LogP contribution in [0.15, 0.2) is 24.3 Å². The summed E-state index contributed by atoms with van der Waals surface area (Å²) in [6, 6.07) is 3.90. The molecule has 0 fully saturated rings. The second kappa shape index (κ2) is 7.29. The van der Waals surface area contributed by atoms with Gasteiger partial charge in [0.25, 0.3) is 5.91 Å². The normalized spacial score (nSPS) is 11.4. The molecule has 22 heavy (non-hydrogen) atoms. The third-order valence-electron chi connectivity index (χ3n) is 2.91. The van der Waals surface area contributed by atoms with Gasteiger partial charge < -0.3 is 10.2 Å². The zero-order valence-electron chi connectivity index (χ0n) is 12.7. The molecular weight excluding hydrogens is 297 g/mol. The van der Waals surface area contributed by atoms with E-state index in [9.17, 15) is 22.8 Å². The number of nitrogens with one attached hydrogen (secondary N) is 1. The summed E-state index contributed by atoms with van der Waals surface area (Å²) in [4.78, 5) is 25.2. The highest BCUT2D eigenvalue weighted by Crippen LogP contribution is 2.29. The van der Waals surface area contributed by atoms with E-state index in [0.29, 0.717) is 0 Å². The van der Waals surface area contributed by atoms with E-state index in [4.69, 9.17) is 0 Å². The van der Waals surface area contributed by atoms with Gasteiger partial charge in [-0.05, 0) is 45.0 Å².